The maximum Gasteiger partial charge on any atom is 0.159 e. The monoisotopic (exact) mass is 182 g/mol. The van der Waals surface area contributed by atoms with Gasteiger partial charge in [-0.25, -0.2) is 14.4 Å². The molecule has 1 rings (SSSR count). The summed E-state index contributed by atoms with van der Waals surface area (Å²) < 4.78 is 12.4. The molecule has 0 fully saturated rings. The lowest BCUT2D eigenvalue weighted by atomic mass is 10.2. The maximum atomic E-state index is 12.4. The van der Waals surface area contributed by atoms with Gasteiger partial charge < -0.3 is 5.11 Å². The Morgan fingerprint density at radius 1 is 1.54 bits per heavy atom. The standard InChI is InChI=1S/C9H11FN2O/c1-7(3-2-4-13)9-11-5-8(10)6-12-9/h3,5-6,13H,2,4H2,1H3/b7-3-. The molecule has 0 amide bonds. The minimum absolute atomic E-state index is 0.0958. The molecule has 0 atom stereocenters. The van der Waals surface area contributed by atoms with Gasteiger partial charge in [0.2, 0.25) is 0 Å². The van der Waals surface area contributed by atoms with E-state index < -0.39 is 5.82 Å². The van der Waals surface area contributed by atoms with Crippen LogP contribution in [0.2, 0.25) is 0 Å². The Labute approximate surface area is 76.0 Å². The first-order valence-electron chi connectivity index (χ1n) is 3.99. The Kier molecular flexibility index (Phi) is 3.52. The second-order valence-corrected chi connectivity index (χ2v) is 2.62. The summed E-state index contributed by atoms with van der Waals surface area (Å²) in [5.41, 5.74) is 0.842. The van der Waals surface area contributed by atoms with E-state index in [0.29, 0.717) is 12.2 Å². The topological polar surface area (TPSA) is 46.0 Å². The fraction of sp³-hybridized carbons (Fsp3) is 0.333. The average Bonchev–Trinajstić information content (AvgIpc) is 2.15. The molecule has 0 bridgehead atoms. The molecule has 0 unspecified atom stereocenters. The summed E-state index contributed by atoms with van der Waals surface area (Å²) >= 11 is 0. The van der Waals surface area contributed by atoms with E-state index in [9.17, 15) is 4.39 Å². The molecule has 0 aromatic carbocycles. The number of hydrogen-bond donors (Lipinski definition) is 1. The molecule has 1 aromatic heterocycles. The zero-order chi connectivity index (χ0) is 9.68. The Morgan fingerprint density at radius 3 is 2.69 bits per heavy atom. The van der Waals surface area contributed by atoms with E-state index in [2.05, 4.69) is 9.97 Å². The van der Waals surface area contributed by atoms with Crippen LogP contribution >= 0.6 is 0 Å². The first kappa shape index (κ1) is 9.80. The summed E-state index contributed by atoms with van der Waals surface area (Å²) in [6.07, 6.45) is 4.62. The molecule has 0 spiro atoms. The van der Waals surface area contributed by atoms with Crippen molar-refractivity contribution < 1.29 is 9.50 Å². The number of rotatable bonds is 3. The minimum atomic E-state index is -0.446. The van der Waals surface area contributed by atoms with Gasteiger partial charge in [0, 0.05) is 6.61 Å². The summed E-state index contributed by atoms with van der Waals surface area (Å²) in [6.45, 7) is 1.92. The highest BCUT2D eigenvalue weighted by molar-refractivity contribution is 5.56. The van der Waals surface area contributed by atoms with E-state index in [1.165, 1.54) is 0 Å². The van der Waals surface area contributed by atoms with Crippen molar-refractivity contribution in [3.63, 3.8) is 0 Å². The van der Waals surface area contributed by atoms with Crippen molar-refractivity contribution in [3.05, 3.63) is 30.1 Å². The minimum Gasteiger partial charge on any atom is -0.396 e. The molecule has 70 valence electrons. The molecule has 0 saturated heterocycles. The number of nitrogens with zero attached hydrogens (tertiary/aromatic N) is 2. The third-order valence-electron chi connectivity index (χ3n) is 1.55. The highest BCUT2D eigenvalue weighted by Crippen LogP contribution is 2.07. The molecule has 0 aliphatic carbocycles. The van der Waals surface area contributed by atoms with Crippen LogP contribution in [0.5, 0.6) is 0 Å². The van der Waals surface area contributed by atoms with Crippen LogP contribution in [0.25, 0.3) is 5.57 Å². The van der Waals surface area contributed by atoms with Crippen LogP contribution in [0.1, 0.15) is 19.2 Å². The van der Waals surface area contributed by atoms with Gasteiger partial charge in [-0.05, 0) is 18.9 Å². The predicted molar refractivity (Wildman–Crippen MR) is 47.3 cm³/mol. The smallest absolute Gasteiger partial charge is 0.159 e. The number of aliphatic hydroxyl groups is 1. The summed E-state index contributed by atoms with van der Waals surface area (Å²) in [5, 5.41) is 8.56. The van der Waals surface area contributed by atoms with Crippen molar-refractivity contribution in [3.8, 4) is 0 Å². The molecule has 13 heavy (non-hydrogen) atoms. The van der Waals surface area contributed by atoms with Gasteiger partial charge in [0.15, 0.2) is 11.6 Å². The van der Waals surface area contributed by atoms with Gasteiger partial charge in [-0.3, -0.25) is 0 Å². The quantitative estimate of drug-likeness (QED) is 0.768. The predicted octanol–water partition coefficient (Wildman–Crippen LogP) is 1.40. The van der Waals surface area contributed by atoms with Crippen LogP contribution in [0.15, 0.2) is 18.5 Å². The molecule has 0 saturated carbocycles. The van der Waals surface area contributed by atoms with Gasteiger partial charge >= 0.3 is 0 Å². The van der Waals surface area contributed by atoms with Crippen LogP contribution in [0, 0.1) is 5.82 Å². The van der Waals surface area contributed by atoms with Crippen molar-refractivity contribution in [2.45, 2.75) is 13.3 Å². The SMILES string of the molecule is C/C(=C/CCO)c1ncc(F)cn1. The normalized spacial score (nSPS) is 11.8. The van der Waals surface area contributed by atoms with Crippen molar-refractivity contribution >= 4 is 5.57 Å². The van der Waals surface area contributed by atoms with Gasteiger partial charge in [0.1, 0.15) is 0 Å². The van der Waals surface area contributed by atoms with E-state index in [4.69, 9.17) is 5.11 Å². The molecule has 0 aliphatic heterocycles. The molecular weight excluding hydrogens is 171 g/mol. The first-order valence-corrected chi connectivity index (χ1v) is 3.99. The first-order chi connectivity index (χ1) is 6.24. The molecule has 4 heteroatoms. The summed E-state index contributed by atoms with van der Waals surface area (Å²) in [5.74, 6) is 0.0496. The maximum absolute atomic E-state index is 12.4. The van der Waals surface area contributed by atoms with E-state index in [0.717, 1.165) is 18.0 Å². The van der Waals surface area contributed by atoms with Gasteiger partial charge in [0.25, 0.3) is 0 Å². The molecular formula is C9H11FN2O. The molecule has 3 nitrogen and oxygen atoms in total. The Morgan fingerprint density at radius 2 is 2.15 bits per heavy atom. The van der Waals surface area contributed by atoms with E-state index >= 15 is 0 Å². The number of aromatic nitrogens is 2. The lowest BCUT2D eigenvalue weighted by Crippen LogP contribution is -1.92. The van der Waals surface area contributed by atoms with Gasteiger partial charge in [0.05, 0.1) is 12.4 Å². The van der Waals surface area contributed by atoms with E-state index in [1.54, 1.807) is 0 Å². The highest BCUT2D eigenvalue weighted by Gasteiger charge is 1.98. The number of allylic oxidation sites excluding steroid dienone is 1. The van der Waals surface area contributed by atoms with Crippen LogP contribution < -0.4 is 0 Å². The summed E-state index contributed by atoms with van der Waals surface area (Å²) in [4.78, 5) is 7.59. The van der Waals surface area contributed by atoms with Crippen molar-refractivity contribution in [2.24, 2.45) is 0 Å². The number of hydrogen-bond acceptors (Lipinski definition) is 3. The largest absolute Gasteiger partial charge is 0.396 e. The van der Waals surface area contributed by atoms with E-state index in [-0.39, 0.29) is 6.61 Å². The summed E-state index contributed by atoms with van der Waals surface area (Å²) in [7, 11) is 0. The van der Waals surface area contributed by atoms with Gasteiger partial charge in [-0.2, -0.15) is 0 Å². The molecule has 1 N–H and O–H groups in total. The number of halogens is 1. The van der Waals surface area contributed by atoms with Gasteiger partial charge in [-0.15, -0.1) is 0 Å². The molecule has 1 heterocycles. The lowest BCUT2D eigenvalue weighted by Gasteiger charge is -1.98. The zero-order valence-electron chi connectivity index (χ0n) is 7.37. The summed E-state index contributed by atoms with van der Waals surface area (Å²) in [6, 6.07) is 0. The second-order valence-electron chi connectivity index (χ2n) is 2.62. The molecule has 0 aliphatic rings. The average molecular weight is 182 g/mol. The molecule has 0 radical (unpaired) electrons. The van der Waals surface area contributed by atoms with Crippen LogP contribution in [0.4, 0.5) is 4.39 Å². The van der Waals surface area contributed by atoms with Crippen molar-refractivity contribution in [2.75, 3.05) is 6.61 Å². The second kappa shape index (κ2) is 4.67. The lowest BCUT2D eigenvalue weighted by molar-refractivity contribution is 0.303. The van der Waals surface area contributed by atoms with Crippen molar-refractivity contribution in [1.82, 2.24) is 9.97 Å². The Balaban J connectivity index is 2.77. The fourth-order valence-electron chi connectivity index (χ4n) is 0.888. The van der Waals surface area contributed by atoms with Crippen molar-refractivity contribution in [1.29, 1.82) is 0 Å². The number of aliphatic hydroxyl groups excluding tert-OH is 1. The van der Waals surface area contributed by atoms with E-state index in [1.807, 2.05) is 13.0 Å². The molecule has 1 aromatic rings. The zero-order valence-corrected chi connectivity index (χ0v) is 7.37. The Hall–Kier alpha value is -1.29. The third kappa shape index (κ3) is 2.91. The fourth-order valence-corrected chi connectivity index (χ4v) is 0.888. The van der Waals surface area contributed by atoms with Gasteiger partial charge in [-0.1, -0.05) is 6.08 Å². The van der Waals surface area contributed by atoms with Crippen LogP contribution in [-0.2, 0) is 0 Å². The third-order valence-corrected chi connectivity index (χ3v) is 1.55. The van der Waals surface area contributed by atoms with Crippen LogP contribution in [0.3, 0.4) is 0 Å². The highest BCUT2D eigenvalue weighted by atomic mass is 19.1. The van der Waals surface area contributed by atoms with Crippen LogP contribution in [-0.4, -0.2) is 21.7 Å². The Bertz CT molecular complexity index is 295.